The molecule has 0 fully saturated rings. The van der Waals surface area contributed by atoms with Gasteiger partial charge in [-0.25, -0.2) is 0 Å². The summed E-state index contributed by atoms with van der Waals surface area (Å²) in [4.78, 5) is 13.9. The molecule has 22 heavy (non-hydrogen) atoms. The van der Waals surface area contributed by atoms with Gasteiger partial charge < -0.3 is 9.47 Å². The zero-order valence-corrected chi connectivity index (χ0v) is 11.9. The molecule has 0 radical (unpaired) electrons. The lowest BCUT2D eigenvalue weighted by Gasteiger charge is -2.27. The molecule has 2 aromatic rings. The number of aryl methyl sites for hydroxylation is 2. The molecule has 3 heterocycles. The lowest BCUT2D eigenvalue weighted by Crippen LogP contribution is -2.40. The Kier molecular flexibility index (Phi) is 3.18. The van der Waals surface area contributed by atoms with Crippen molar-refractivity contribution in [2.24, 2.45) is 7.05 Å². The van der Waals surface area contributed by atoms with Gasteiger partial charge >= 0.3 is 6.18 Å². The Morgan fingerprint density at radius 1 is 1.27 bits per heavy atom. The third-order valence-corrected chi connectivity index (χ3v) is 3.52. The van der Waals surface area contributed by atoms with E-state index in [0.29, 0.717) is 11.4 Å². The van der Waals surface area contributed by atoms with E-state index in [4.69, 9.17) is 0 Å². The highest BCUT2D eigenvalue weighted by Crippen LogP contribution is 2.29. The molecule has 2 aromatic heterocycles. The fourth-order valence-electron chi connectivity index (χ4n) is 2.51. The highest BCUT2D eigenvalue weighted by Gasteiger charge is 2.40. The standard InChI is InChI=1S/C12H13F3N6O/c1-7-5-8(19(2)18-7)10(22)20-3-4-21-9(6-20)16-17-11(21)12(13,14)15/h5H,3-4,6H2,1-2H3. The molecule has 3 rings (SSSR count). The van der Waals surface area contributed by atoms with Gasteiger partial charge in [-0.2, -0.15) is 18.3 Å². The van der Waals surface area contributed by atoms with Crippen LogP contribution >= 0.6 is 0 Å². The average Bonchev–Trinajstić information content (AvgIpc) is 2.99. The summed E-state index contributed by atoms with van der Waals surface area (Å²) in [7, 11) is 1.65. The molecule has 0 bridgehead atoms. The second-order valence-electron chi connectivity index (χ2n) is 5.11. The van der Waals surface area contributed by atoms with E-state index in [1.54, 1.807) is 20.0 Å². The summed E-state index contributed by atoms with van der Waals surface area (Å²) in [6, 6.07) is 1.64. The maximum absolute atomic E-state index is 12.8. The van der Waals surface area contributed by atoms with Gasteiger partial charge in [-0.05, 0) is 13.0 Å². The molecule has 0 unspecified atom stereocenters. The monoisotopic (exact) mass is 314 g/mol. The number of fused-ring (bicyclic) bond motifs is 1. The van der Waals surface area contributed by atoms with E-state index in [9.17, 15) is 18.0 Å². The van der Waals surface area contributed by atoms with Gasteiger partial charge in [0.15, 0.2) is 5.82 Å². The summed E-state index contributed by atoms with van der Waals surface area (Å²) in [6.07, 6.45) is -4.55. The highest BCUT2D eigenvalue weighted by atomic mass is 19.4. The summed E-state index contributed by atoms with van der Waals surface area (Å²) in [5.41, 5.74) is 1.09. The SMILES string of the molecule is Cc1cc(C(=O)N2CCn3c(nnc3C(F)(F)F)C2)n(C)n1. The molecule has 0 spiro atoms. The van der Waals surface area contributed by atoms with E-state index >= 15 is 0 Å². The maximum atomic E-state index is 12.8. The first-order chi connectivity index (χ1) is 10.3. The van der Waals surface area contributed by atoms with Gasteiger partial charge in [-0.1, -0.05) is 0 Å². The van der Waals surface area contributed by atoms with Gasteiger partial charge in [-0.3, -0.25) is 9.48 Å². The molecule has 1 amide bonds. The van der Waals surface area contributed by atoms with Crippen LogP contribution in [0.2, 0.25) is 0 Å². The van der Waals surface area contributed by atoms with Crippen molar-refractivity contribution in [2.75, 3.05) is 6.54 Å². The van der Waals surface area contributed by atoms with E-state index in [1.165, 1.54) is 9.58 Å². The van der Waals surface area contributed by atoms with Crippen LogP contribution in [0.3, 0.4) is 0 Å². The number of hydrogen-bond donors (Lipinski definition) is 0. The zero-order chi connectivity index (χ0) is 16.1. The number of carbonyl (C=O) groups is 1. The van der Waals surface area contributed by atoms with Gasteiger partial charge in [0.25, 0.3) is 5.91 Å². The number of aromatic nitrogens is 5. The number of hydrogen-bond acceptors (Lipinski definition) is 4. The second-order valence-corrected chi connectivity index (χ2v) is 5.11. The topological polar surface area (TPSA) is 68.8 Å². The largest absolute Gasteiger partial charge is 0.451 e. The number of carbonyl (C=O) groups excluding carboxylic acids is 1. The molecule has 0 N–H and O–H groups in total. The summed E-state index contributed by atoms with van der Waals surface area (Å²) >= 11 is 0. The third kappa shape index (κ3) is 2.34. The van der Waals surface area contributed by atoms with Crippen molar-refractivity contribution in [3.8, 4) is 0 Å². The summed E-state index contributed by atoms with van der Waals surface area (Å²) in [5.74, 6) is -1.18. The Hall–Kier alpha value is -2.39. The van der Waals surface area contributed by atoms with Gasteiger partial charge in [0.05, 0.1) is 12.2 Å². The molecule has 118 valence electrons. The molecular formula is C12H13F3N6O. The minimum atomic E-state index is -4.55. The van der Waals surface area contributed by atoms with E-state index in [0.717, 1.165) is 4.57 Å². The summed E-state index contributed by atoms with van der Waals surface area (Å²) in [5, 5.41) is 10.8. The quantitative estimate of drug-likeness (QED) is 0.787. The molecule has 1 aliphatic heterocycles. The van der Waals surface area contributed by atoms with E-state index in [-0.39, 0.29) is 31.4 Å². The third-order valence-electron chi connectivity index (χ3n) is 3.52. The Balaban J connectivity index is 1.85. The number of halogens is 3. The predicted octanol–water partition coefficient (Wildman–Crippen LogP) is 0.995. The van der Waals surface area contributed by atoms with Crippen LogP contribution in [-0.4, -0.2) is 41.9 Å². The van der Waals surface area contributed by atoms with Crippen LogP contribution in [0.5, 0.6) is 0 Å². The first kappa shape index (κ1) is 14.5. The summed E-state index contributed by atoms with van der Waals surface area (Å²) in [6.45, 7) is 1.93. The molecule has 1 aliphatic rings. The average molecular weight is 314 g/mol. The lowest BCUT2D eigenvalue weighted by atomic mass is 10.2. The van der Waals surface area contributed by atoms with Crippen LogP contribution < -0.4 is 0 Å². The van der Waals surface area contributed by atoms with Gasteiger partial charge in [0.2, 0.25) is 5.82 Å². The fraction of sp³-hybridized carbons (Fsp3) is 0.500. The number of nitrogens with zero attached hydrogens (tertiary/aromatic N) is 6. The Morgan fingerprint density at radius 2 is 2.00 bits per heavy atom. The first-order valence-corrected chi connectivity index (χ1v) is 6.56. The van der Waals surface area contributed by atoms with Gasteiger partial charge in [0.1, 0.15) is 5.69 Å². The highest BCUT2D eigenvalue weighted by molar-refractivity contribution is 5.92. The number of alkyl halides is 3. The number of amides is 1. The lowest BCUT2D eigenvalue weighted by molar-refractivity contribution is -0.147. The summed E-state index contributed by atoms with van der Waals surface area (Å²) < 4.78 is 40.8. The van der Waals surface area contributed by atoms with Crippen molar-refractivity contribution in [3.05, 3.63) is 29.1 Å². The smallest absolute Gasteiger partial charge is 0.328 e. The first-order valence-electron chi connectivity index (χ1n) is 6.56. The second kappa shape index (κ2) is 4.82. The van der Waals surface area contributed by atoms with Crippen molar-refractivity contribution in [1.29, 1.82) is 0 Å². The molecule has 0 atom stereocenters. The van der Waals surface area contributed by atoms with E-state index in [2.05, 4.69) is 15.3 Å². The van der Waals surface area contributed by atoms with Crippen LogP contribution in [0, 0.1) is 6.92 Å². The van der Waals surface area contributed by atoms with E-state index in [1.807, 2.05) is 0 Å². The van der Waals surface area contributed by atoms with Crippen LogP contribution in [-0.2, 0) is 26.3 Å². The van der Waals surface area contributed by atoms with Crippen LogP contribution in [0.25, 0.3) is 0 Å². The van der Waals surface area contributed by atoms with Crippen molar-refractivity contribution >= 4 is 5.91 Å². The van der Waals surface area contributed by atoms with Crippen LogP contribution in [0.4, 0.5) is 13.2 Å². The minimum Gasteiger partial charge on any atom is -0.328 e. The van der Waals surface area contributed by atoms with Crippen LogP contribution in [0.15, 0.2) is 6.07 Å². The van der Waals surface area contributed by atoms with Crippen molar-refractivity contribution in [1.82, 2.24) is 29.4 Å². The zero-order valence-electron chi connectivity index (χ0n) is 11.9. The maximum Gasteiger partial charge on any atom is 0.451 e. The fourth-order valence-corrected chi connectivity index (χ4v) is 2.51. The predicted molar refractivity (Wildman–Crippen MR) is 67.7 cm³/mol. The van der Waals surface area contributed by atoms with Crippen molar-refractivity contribution in [2.45, 2.75) is 26.2 Å². The van der Waals surface area contributed by atoms with Crippen LogP contribution in [0.1, 0.15) is 27.8 Å². The van der Waals surface area contributed by atoms with Crippen molar-refractivity contribution in [3.63, 3.8) is 0 Å². The molecule has 0 aliphatic carbocycles. The van der Waals surface area contributed by atoms with Crippen molar-refractivity contribution < 1.29 is 18.0 Å². The normalized spacial score (nSPS) is 15.0. The Morgan fingerprint density at radius 3 is 2.59 bits per heavy atom. The van der Waals surface area contributed by atoms with E-state index < -0.39 is 12.0 Å². The molecule has 10 heteroatoms. The Labute approximate surface area is 123 Å². The molecule has 7 nitrogen and oxygen atoms in total. The van der Waals surface area contributed by atoms with Gasteiger partial charge in [0, 0.05) is 20.1 Å². The minimum absolute atomic E-state index is 0.00780. The molecule has 0 aromatic carbocycles. The Bertz CT molecular complexity index is 732. The number of rotatable bonds is 1. The van der Waals surface area contributed by atoms with Gasteiger partial charge in [-0.15, -0.1) is 10.2 Å². The molecule has 0 saturated heterocycles. The molecular weight excluding hydrogens is 301 g/mol. The molecule has 0 saturated carbocycles.